The van der Waals surface area contributed by atoms with Gasteiger partial charge in [-0.05, 0) is 31.7 Å². The number of hydrogen-bond donors (Lipinski definition) is 1. The van der Waals surface area contributed by atoms with Crippen molar-refractivity contribution in [3.8, 4) is 0 Å². The van der Waals surface area contributed by atoms with Crippen LogP contribution in [0.15, 0.2) is 0 Å². The highest BCUT2D eigenvalue weighted by atomic mass is 16.2. The number of nitrogens with zero attached hydrogens (tertiary/aromatic N) is 1. The predicted octanol–water partition coefficient (Wildman–Crippen LogP) is 2.41. The Morgan fingerprint density at radius 3 is 2.53 bits per heavy atom. The van der Waals surface area contributed by atoms with Crippen molar-refractivity contribution in [2.45, 2.75) is 58.9 Å². The topological polar surface area (TPSA) is 32.3 Å². The van der Waals surface area contributed by atoms with Crippen LogP contribution in [0, 0.1) is 5.92 Å². The Balaban J connectivity index is 2.12. The zero-order valence-corrected chi connectivity index (χ0v) is 11.7. The number of amides is 1. The molecule has 0 aromatic carbocycles. The van der Waals surface area contributed by atoms with Crippen molar-refractivity contribution in [2.24, 2.45) is 5.92 Å². The number of carbonyl (C=O) groups excluding carboxylic acids is 1. The Labute approximate surface area is 106 Å². The van der Waals surface area contributed by atoms with E-state index < -0.39 is 0 Å². The third-order valence-electron chi connectivity index (χ3n) is 3.66. The van der Waals surface area contributed by atoms with Crippen LogP contribution in [0.2, 0.25) is 0 Å². The molecule has 0 saturated carbocycles. The highest BCUT2D eigenvalue weighted by molar-refractivity contribution is 5.76. The van der Waals surface area contributed by atoms with Crippen molar-refractivity contribution < 1.29 is 4.79 Å². The van der Waals surface area contributed by atoms with Crippen LogP contribution in [0.1, 0.15) is 52.9 Å². The fourth-order valence-corrected chi connectivity index (χ4v) is 2.38. The van der Waals surface area contributed by atoms with E-state index in [2.05, 4.69) is 31.0 Å². The molecule has 100 valence electrons. The molecule has 0 aromatic rings. The van der Waals surface area contributed by atoms with Gasteiger partial charge in [0.15, 0.2) is 0 Å². The Kier molecular flexibility index (Phi) is 6.56. The monoisotopic (exact) mass is 240 g/mol. The van der Waals surface area contributed by atoms with Crippen LogP contribution in [-0.4, -0.2) is 36.5 Å². The number of nitrogens with one attached hydrogen (secondary N) is 1. The lowest BCUT2D eigenvalue weighted by molar-refractivity contribution is -0.132. The molecule has 0 bridgehead atoms. The summed E-state index contributed by atoms with van der Waals surface area (Å²) >= 11 is 0. The van der Waals surface area contributed by atoms with Gasteiger partial charge in [-0.3, -0.25) is 4.79 Å². The number of carbonyl (C=O) groups is 1. The van der Waals surface area contributed by atoms with Crippen LogP contribution in [0.5, 0.6) is 0 Å². The molecule has 1 aliphatic heterocycles. The standard InChI is InChI=1S/C14H28N2O/c1-4-13-7-10-16(11-8-13)14(17)6-5-9-15-12(2)3/h12-13,15H,4-11H2,1-3H3. The van der Waals surface area contributed by atoms with Crippen LogP contribution < -0.4 is 5.32 Å². The van der Waals surface area contributed by atoms with Gasteiger partial charge in [-0.15, -0.1) is 0 Å². The highest BCUT2D eigenvalue weighted by Crippen LogP contribution is 2.20. The Bertz CT molecular complexity index is 220. The van der Waals surface area contributed by atoms with Gasteiger partial charge in [0, 0.05) is 25.6 Å². The summed E-state index contributed by atoms with van der Waals surface area (Å²) in [4.78, 5) is 14.0. The van der Waals surface area contributed by atoms with Crippen LogP contribution in [-0.2, 0) is 4.79 Å². The molecule has 1 saturated heterocycles. The van der Waals surface area contributed by atoms with E-state index in [1.165, 1.54) is 19.3 Å². The van der Waals surface area contributed by atoms with E-state index in [1.54, 1.807) is 0 Å². The summed E-state index contributed by atoms with van der Waals surface area (Å²) in [5, 5.41) is 3.35. The Hall–Kier alpha value is -0.570. The Morgan fingerprint density at radius 2 is 2.00 bits per heavy atom. The van der Waals surface area contributed by atoms with Gasteiger partial charge in [-0.1, -0.05) is 27.2 Å². The molecule has 1 fully saturated rings. The molecule has 1 amide bonds. The maximum Gasteiger partial charge on any atom is 0.222 e. The molecule has 1 aliphatic rings. The number of piperidine rings is 1. The molecule has 3 nitrogen and oxygen atoms in total. The minimum Gasteiger partial charge on any atom is -0.343 e. The van der Waals surface area contributed by atoms with Crippen LogP contribution in [0.3, 0.4) is 0 Å². The molecule has 0 aliphatic carbocycles. The van der Waals surface area contributed by atoms with Crippen molar-refractivity contribution >= 4 is 5.91 Å². The van der Waals surface area contributed by atoms with E-state index in [4.69, 9.17) is 0 Å². The van der Waals surface area contributed by atoms with Gasteiger partial charge in [0.25, 0.3) is 0 Å². The number of likely N-dealkylation sites (tertiary alicyclic amines) is 1. The zero-order valence-electron chi connectivity index (χ0n) is 11.7. The van der Waals surface area contributed by atoms with Crippen LogP contribution >= 0.6 is 0 Å². The van der Waals surface area contributed by atoms with Crippen LogP contribution in [0.4, 0.5) is 0 Å². The van der Waals surface area contributed by atoms with E-state index in [0.29, 0.717) is 18.4 Å². The summed E-state index contributed by atoms with van der Waals surface area (Å²) in [7, 11) is 0. The number of hydrogen-bond acceptors (Lipinski definition) is 2. The van der Waals surface area contributed by atoms with E-state index in [-0.39, 0.29) is 0 Å². The summed E-state index contributed by atoms with van der Waals surface area (Å²) in [6, 6.07) is 0.519. The van der Waals surface area contributed by atoms with Crippen molar-refractivity contribution in [1.82, 2.24) is 10.2 Å². The summed E-state index contributed by atoms with van der Waals surface area (Å²) in [6.45, 7) is 9.44. The summed E-state index contributed by atoms with van der Waals surface area (Å²) in [6.07, 6.45) is 5.33. The average molecular weight is 240 g/mol. The fraction of sp³-hybridized carbons (Fsp3) is 0.929. The van der Waals surface area contributed by atoms with E-state index in [9.17, 15) is 4.79 Å². The van der Waals surface area contributed by atoms with E-state index >= 15 is 0 Å². The first-order valence-electron chi connectivity index (χ1n) is 7.14. The predicted molar refractivity (Wildman–Crippen MR) is 72.0 cm³/mol. The molecular formula is C14H28N2O. The van der Waals surface area contributed by atoms with Gasteiger partial charge in [-0.2, -0.15) is 0 Å². The first kappa shape index (κ1) is 14.5. The van der Waals surface area contributed by atoms with Crippen LogP contribution in [0.25, 0.3) is 0 Å². The fourth-order valence-electron chi connectivity index (χ4n) is 2.38. The molecule has 0 unspecified atom stereocenters. The van der Waals surface area contributed by atoms with Crippen molar-refractivity contribution in [1.29, 1.82) is 0 Å². The second-order valence-electron chi connectivity index (χ2n) is 5.44. The first-order valence-corrected chi connectivity index (χ1v) is 7.14. The largest absolute Gasteiger partial charge is 0.343 e. The Morgan fingerprint density at radius 1 is 1.35 bits per heavy atom. The highest BCUT2D eigenvalue weighted by Gasteiger charge is 2.20. The molecule has 0 aromatic heterocycles. The second-order valence-corrected chi connectivity index (χ2v) is 5.44. The molecular weight excluding hydrogens is 212 g/mol. The third kappa shape index (κ3) is 5.53. The molecule has 3 heteroatoms. The van der Waals surface area contributed by atoms with E-state index in [1.807, 2.05) is 0 Å². The molecule has 0 atom stereocenters. The smallest absolute Gasteiger partial charge is 0.222 e. The van der Waals surface area contributed by atoms with E-state index in [0.717, 1.165) is 32.0 Å². The third-order valence-corrected chi connectivity index (χ3v) is 3.66. The molecule has 1 rings (SSSR count). The summed E-state index contributed by atoms with van der Waals surface area (Å²) in [5.74, 6) is 1.20. The molecule has 1 heterocycles. The second kappa shape index (κ2) is 7.70. The minimum atomic E-state index is 0.352. The van der Waals surface area contributed by atoms with Gasteiger partial charge in [-0.25, -0.2) is 0 Å². The summed E-state index contributed by atoms with van der Waals surface area (Å²) in [5.41, 5.74) is 0. The number of rotatable bonds is 6. The quantitative estimate of drug-likeness (QED) is 0.723. The average Bonchev–Trinajstić information content (AvgIpc) is 2.34. The van der Waals surface area contributed by atoms with Gasteiger partial charge in [0.05, 0.1) is 0 Å². The van der Waals surface area contributed by atoms with Crippen molar-refractivity contribution in [3.63, 3.8) is 0 Å². The van der Waals surface area contributed by atoms with Gasteiger partial charge in [0.1, 0.15) is 0 Å². The summed E-state index contributed by atoms with van der Waals surface area (Å²) < 4.78 is 0. The maximum atomic E-state index is 11.9. The van der Waals surface area contributed by atoms with Crippen molar-refractivity contribution in [3.05, 3.63) is 0 Å². The molecule has 17 heavy (non-hydrogen) atoms. The molecule has 0 spiro atoms. The molecule has 0 radical (unpaired) electrons. The van der Waals surface area contributed by atoms with Gasteiger partial charge in [0.2, 0.25) is 5.91 Å². The lowest BCUT2D eigenvalue weighted by Gasteiger charge is -2.31. The lowest BCUT2D eigenvalue weighted by atomic mass is 9.94. The minimum absolute atomic E-state index is 0.352. The maximum absolute atomic E-state index is 11.9. The zero-order chi connectivity index (χ0) is 12.7. The normalized spacial score (nSPS) is 17.8. The first-order chi connectivity index (χ1) is 8.13. The van der Waals surface area contributed by atoms with Gasteiger partial charge < -0.3 is 10.2 Å². The SMILES string of the molecule is CCC1CCN(C(=O)CCCNC(C)C)CC1. The van der Waals surface area contributed by atoms with Gasteiger partial charge >= 0.3 is 0 Å². The lowest BCUT2D eigenvalue weighted by Crippen LogP contribution is -2.38. The van der Waals surface area contributed by atoms with Crippen molar-refractivity contribution in [2.75, 3.05) is 19.6 Å². The molecule has 1 N–H and O–H groups in total.